The molecule has 0 spiro atoms. The van der Waals surface area contributed by atoms with E-state index >= 15 is 0 Å². The predicted molar refractivity (Wildman–Crippen MR) is 63.3 cm³/mol. The Morgan fingerprint density at radius 3 is 2.79 bits per heavy atom. The number of rotatable bonds is 5. The number of nitrogens with one attached hydrogen (secondary N) is 1. The van der Waals surface area contributed by atoms with Gasteiger partial charge in [0.1, 0.15) is 0 Å². The fourth-order valence-corrected chi connectivity index (χ4v) is 1.74. The first-order valence-electron chi connectivity index (χ1n) is 4.89. The zero-order valence-electron chi connectivity index (χ0n) is 8.32. The Bertz CT molecular complexity index is 287. The molecular formula is C11H15Cl2N. The average molecular weight is 232 g/mol. The third-order valence-corrected chi connectivity index (χ3v) is 2.94. The topological polar surface area (TPSA) is 12.0 Å². The molecule has 0 aliphatic heterocycles. The van der Waals surface area contributed by atoms with Crippen LogP contribution in [-0.2, 0) is 6.42 Å². The van der Waals surface area contributed by atoms with Crippen molar-refractivity contribution in [1.82, 2.24) is 5.32 Å². The summed E-state index contributed by atoms with van der Waals surface area (Å²) in [6.45, 7) is 4.15. The van der Waals surface area contributed by atoms with Crippen LogP contribution in [0.1, 0.15) is 18.9 Å². The summed E-state index contributed by atoms with van der Waals surface area (Å²) in [4.78, 5) is 0. The summed E-state index contributed by atoms with van der Waals surface area (Å²) in [6.07, 6.45) is 2.07. The van der Waals surface area contributed by atoms with Crippen LogP contribution in [0.3, 0.4) is 0 Å². The first-order valence-corrected chi connectivity index (χ1v) is 5.65. The fourth-order valence-electron chi connectivity index (χ4n) is 1.32. The van der Waals surface area contributed by atoms with Gasteiger partial charge >= 0.3 is 0 Å². The average Bonchev–Trinajstić information content (AvgIpc) is 2.19. The zero-order chi connectivity index (χ0) is 10.4. The zero-order valence-corrected chi connectivity index (χ0v) is 9.83. The van der Waals surface area contributed by atoms with E-state index < -0.39 is 0 Å². The molecule has 1 aromatic rings. The smallest absolute Gasteiger partial charge is 0.0624 e. The minimum Gasteiger partial charge on any atom is -0.317 e. The van der Waals surface area contributed by atoms with Crippen molar-refractivity contribution in [2.45, 2.75) is 19.8 Å². The molecule has 1 N–H and O–H groups in total. The monoisotopic (exact) mass is 231 g/mol. The molecule has 0 saturated heterocycles. The van der Waals surface area contributed by atoms with Gasteiger partial charge in [-0.1, -0.05) is 42.3 Å². The highest BCUT2D eigenvalue weighted by Gasteiger charge is 2.02. The molecule has 0 aliphatic rings. The van der Waals surface area contributed by atoms with Gasteiger partial charge in [-0.25, -0.2) is 0 Å². The highest BCUT2D eigenvalue weighted by molar-refractivity contribution is 6.42. The minimum absolute atomic E-state index is 0.646. The second kappa shape index (κ2) is 6.28. The van der Waals surface area contributed by atoms with Gasteiger partial charge in [-0.05, 0) is 37.6 Å². The first-order chi connectivity index (χ1) is 6.75. The summed E-state index contributed by atoms with van der Waals surface area (Å²) in [5.41, 5.74) is 1.14. The third kappa shape index (κ3) is 3.49. The quantitative estimate of drug-likeness (QED) is 0.765. The maximum absolute atomic E-state index is 6.05. The predicted octanol–water partition coefficient (Wildman–Crippen LogP) is 3.54. The van der Waals surface area contributed by atoms with Gasteiger partial charge in [0.2, 0.25) is 0 Å². The summed E-state index contributed by atoms with van der Waals surface area (Å²) in [5.74, 6) is 0. The second-order valence-corrected chi connectivity index (χ2v) is 3.96. The van der Waals surface area contributed by atoms with Crippen molar-refractivity contribution in [1.29, 1.82) is 0 Å². The van der Waals surface area contributed by atoms with Crippen molar-refractivity contribution in [2.24, 2.45) is 0 Å². The molecule has 0 heterocycles. The van der Waals surface area contributed by atoms with Crippen LogP contribution in [0.25, 0.3) is 0 Å². The molecule has 0 aromatic heterocycles. The van der Waals surface area contributed by atoms with E-state index in [2.05, 4.69) is 12.2 Å². The van der Waals surface area contributed by atoms with Crippen LogP contribution in [0.2, 0.25) is 10.0 Å². The van der Waals surface area contributed by atoms with E-state index in [1.165, 1.54) is 0 Å². The van der Waals surface area contributed by atoms with Crippen molar-refractivity contribution in [2.75, 3.05) is 13.1 Å². The maximum Gasteiger partial charge on any atom is 0.0624 e. The highest BCUT2D eigenvalue weighted by atomic mass is 35.5. The molecule has 0 fully saturated rings. The molecule has 14 heavy (non-hydrogen) atoms. The lowest BCUT2D eigenvalue weighted by molar-refractivity contribution is 0.673. The lowest BCUT2D eigenvalue weighted by Gasteiger charge is -2.05. The van der Waals surface area contributed by atoms with Crippen LogP contribution in [-0.4, -0.2) is 13.1 Å². The minimum atomic E-state index is 0.646. The molecule has 0 atom stereocenters. The van der Waals surface area contributed by atoms with E-state index in [1.54, 1.807) is 0 Å². The summed E-state index contributed by atoms with van der Waals surface area (Å²) >= 11 is 12.0. The molecule has 0 amide bonds. The molecule has 0 radical (unpaired) electrons. The Morgan fingerprint density at radius 1 is 1.29 bits per heavy atom. The van der Waals surface area contributed by atoms with Crippen LogP contribution in [0, 0.1) is 0 Å². The Labute approximate surface area is 95.4 Å². The van der Waals surface area contributed by atoms with Gasteiger partial charge in [0.05, 0.1) is 10.0 Å². The number of hydrogen-bond acceptors (Lipinski definition) is 1. The van der Waals surface area contributed by atoms with Crippen molar-refractivity contribution < 1.29 is 0 Å². The van der Waals surface area contributed by atoms with E-state index in [9.17, 15) is 0 Å². The Balaban J connectivity index is 2.46. The Kier molecular flexibility index (Phi) is 5.31. The van der Waals surface area contributed by atoms with E-state index in [4.69, 9.17) is 23.2 Å². The SMILES string of the molecule is CCNCCCc1cccc(Cl)c1Cl. The summed E-state index contributed by atoms with van der Waals surface area (Å²) in [5, 5.41) is 4.62. The van der Waals surface area contributed by atoms with Crippen LogP contribution in [0.5, 0.6) is 0 Å². The summed E-state index contributed by atoms with van der Waals surface area (Å²) in [6, 6.07) is 5.79. The lowest BCUT2D eigenvalue weighted by Crippen LogP contribution is -2.14. The van der Waals surface area contributed by atoms with Crippen LogP contribution >= 0.6 is 23.2 Å². The maximum atomic E-state index is 6.05. The van der Waals surface area contributed by atoms with E-state index in [0.717, 1.165) is 31.5 Å². The van der Waals surface area contributed by atoms with Crippen LogP contribution in [0.4, 0.5) is 0 Å². The lowest BCUT2D eigenvalue weighted by atomic mass is 10.1. The molecule has 3 heteroatoms. The van der Waals surface area contributed by atoms with Crippen molar-refractivity contribution in [3.05, 3.63) is 33.8 Å². The van der Waals surface area contributed by atoms with Crippen LogP contribution in [0.15, 0.2) is 18.2 Å². The normalized spacial score (nSPS) is 10.5. The molecule has 1 nitrogen and oxygen atoms in total. The Hall–Kier alpha value is -0.240. The Morgan fingerprint density at radius 2 is 2.07 bits per heavy atom. The van der Waals surface area contributed by atoms with Gasteiger partial charge in [0, 0.05) is 0 Å². The third-order valence-electron chi connectivity index (χ3n) is 2.08. The van der Waals surface area contributed by atoms with Gasteiger partial charge in [0.25, 0.3) is 0 Å². The van der Waals surface area contributed by atoms with Gasteiger partial charge in [0.15, 0.2) is 0 Å². The molecule has 0 saturated carbocycles. The van der Waals surface area contributed by atoms with Crippen molar-refractivity contribution in [3.63, 3.8) is 0 Å². The number of hydrogen-bond donors (Lipinski definition) is 1. The van der Waals surface area contributed by atoms with E-state index in [0.29, 0.717) is 10.0 Å². The second-order valence-electron chi connectivity index (χ2n) is 3.17. The van der Waals surface area contributed by atoms with Gasteiger partial charge in [-0.2, -0.15) is 0 Å². The number of benzene rings is 1. The highest BCUT2D eigenvalue weighted by Crippen LogP contribution is 2.26. The molecule has 78 valence electrons. The summed E-state index contributed by atoms with van der Waals surface area (Å²) < 4.78 is 0. The van der Waals surface area contributed by atoms with Gasteiger partial charge in [-0.3, -0.25) is 0 Å². The van der Waals surface area contributed by atoms with Gasteiger partial charge in [-0.15, -0.1) is 0 Å². The molecular weight excluding hydrogens is 217 g/mol. The molecule has 0 aliphatic carbocycles. The van der Waals surface area contributed by atoms with Crippen molar-refractivity contribution >= 4 is 23.2 Å². The molecule has 1 aromatic carbocycles. The molecule has 0 bridgehead atoms. The standard InChI is InChI=1S/C11H15Cl2N/c1-2-14-8-4-6-9-5-3-7-10(12)11(9)13/h3,5,7,14H,2,4,6,8H2,1H3. The van der Waals surface area contributed by atoms with Crippen LogP contribution < -0.4 is 5.32 Å². The van der Waals surface area contributed by atoms with E-state index in [1.807, 2.05) is 18.2 Å². The summed E-state index contributed by atoms with van der Waals surface area (Å²) in [7, 11) is 0. The van der Waals surface area contributed by atoms with E-state index in [-0.39, 0.29) is 0 Å². The number of halogens is 2. The molecule has 0 unspecified atom stereocenters. The first kappa shape index (κ1) is 11.8. The largest absolute Gasteiger partial charge is 0.317 e. The fraction of sp³-hybridized carbons (Fsp3) is 0.455. The number of aryl methyl sites for hydroxylation is 1. The van der Waals surface area contributed by atoms with Crippen molar-refractivity contribution in [3.8, 4) is 0 Å². The molecule has 1 rings (SSSR count). The van der Waals surface area contributed by atoms with Gasteiger partial charge < -0.3 is 5.32 Å².